The van der Waals surface area contributed by atoms with Crippen LogP contribution in [0, 0.1) is 0 Å². The summed E-state index contributed by atoms with van der Waals surface area (Å²) in [6.45, 7) is 8.42. The highest BCUT2D eigenvalue weighted by Gasteiger charge is 1.93. The average molecular weight is 127 g/mol. The number of nitrogens with one attached hydrogen (secondary N) is 1. The van der Waals surface area contributed by atoms with Crippen molar-refractivity contribution in [3.63, 3.8) is 0 Å². The second-order valence-corrected chi connectivity index (χ2v) is 2.02. The summed E-state index contributed by atoms with van der Waals surface area (Å²) < 4.78 is 0. The summed E-state index contributed by atoms with van der Waals surface area (Å²) in [6.07, 6.45) is 3.50. The van der Waals surface area contributed by atoms with Gasteiger partial charge in [-0.15, -0.1) is 0 Å². The molecule has 1 nitrogen and oxygen atoms in total. The van der Waals surface area contributed by atoms with E-state index in [1.165, 1.54) is 12.0 Å². The maximum atomic E-state index is 3.27. The molecule has 0 saturated heterocycles. The van der Waals surface area contributed by atoms with Gasteiger partial charge in [-0.2, -0.15) is 0 Å². The minimum atomic E-state index is 1.10. The van der Waals surface area contributed by atoms with Gasteiger partial charge in [-0.3, -0.25) is 0 Å². The Balaban J connectivity index is 0.000000291. The zero-order valence-electron chi connectivity index (χ0n) is 6.70. The molecular weight excluding hydrogens is 110 g/mol. The van der Waals surface area contributed by atoms with Gasteiger partial charge in [-0.1, -0.05) is 25.5 Å². The molecule has 0 aliphatic carbocycles. The van der Waals surface area contributed by atoms with E-state index in [9.17, 15) is 0 Å². The minimum absolute atomic E-state index is 1.10. The van der Waals surface area contributed by atoms with E-state index < -0.39 is 0 Å². The van der Waals surface area contributed by atoms with Gasteiger partial charge in [0.25, 0.3) is 0 Å². The van der Waals surface area contributed by atoms with E-state index in [4.69, 9.17) is 0 Å². The first kappa shape index (κ1) is 8.70. The first-order valence-electron chi connectivity index (χ1n) is 3.76. The van der Waals surface area contributed by atoms with Gasteiger partial charge in [-0.05, 0) is 19.9 Å². The lowest BCUT2D eigenvalue weighted by Gasteiger charge is -2.08. The van der Waals surface area contributed by atoms with Crippen LogP contribution >= 0.6 is 0 Å². The molecule has 1 heteroatoms. The Bertz CT molecular complexity index is 84.6. The quantitative estimate of drug-likeness (QED) is 0.490. The Labute approximate surface area is 58.2 Å². The molecule has 9 heavy (non-hydrogen) atoms. The molecular formula is C8H17N. The molecule has 54 valence electrons. The Morgan fingerprint density at radius 2 is 2.11 bits per heavy atom. The van der Waals surface area contributed by atoms with Crippen molar-refractivity contribution in [1.82, 2.24) is 5.32 Å². The minimum Gasteiger partial charge on any atom is -0.313 e. The van der Waals surface area contributed by atoms with Crippen molar-refractivity contribution in [3.8, 4) is 0 Å². The Kier molecular flexibility index (Phi) is 5.64. The fourth-order valence-electron chi connectivity index (χ4n) is 0.778. The maximum absolute atomic E-state index is 3.27. The van der Waals surface area contributed by atoms with Gasteiger partial charge >= 0.3 is 0 Å². The lowest BCUT2D eigenvalue weighted by atomic mass is 10.2. The van der Waals surface area contributed by atoms with E-state index in [0.29, 0.717) is 0 Å². The van der Waals surface area contributed by atoms with Crippen LogP contribution in [0.15, 0.2) is 11.6 Å². The monoisotopic (exact) mass is 127 g/mol. The second kappa shape index (κ2) is 5.83. The van der Waals surface area contributed by atoms with Crippen molar-refractivity contribution in [2.45, 2.75) is 27.2 Å². The number of hydrogen-bond acceptors (Lipinski definition) is 1. The molecule has 0 aromatic carbocycles. The molecule has 0 unspecified atom stereocenters. The molecule has 0 fully saturated rings. The smallest absolute Gasteiger partial charge is 0.0161 e. The molecule has 1 N–H and O–H groups in total. The van der Waals surface area contributed by atoms with E-state index in [1.807, 2.05) is 13.8 Å². The average Bonchev–Trinajstić information content (AvgIpc) is 1.94. The van der Waals surface area contributed by atoms with Crippen LogP contribution in [0.3, 0.4) is 0 Å². The van der Waals surface area contributed by atoms with Crippen LogP contribution in [0.4, 0.5) is 0 Å². The van der Waals surface area contributed by atoms with Crippen molar-refractivity contribution in [2.75, 3.05) is 13.1 Å². The zero-order chi connectivity index (χ0) is 7.11. The molecule has 0 aromatic heterocycles. The number of rotatable bonds is 0. The van der Waals surface area contributed by atoms with Crippen molar-refractivity contribution in [1.29, 1.82) is 0 Å². The molecule has 0 atom stereocenters. The summed E-state index contributed by atoms with van der Waals surface area (Å²) in [4.78, 5) is 0. The van der Waals surface area contributed by atoms with E-state index in [1.54, 1.807) is 0 Å². The van der Waals surface area contributed by atoms with Crippen molar-refractivity contribution >= 4 is 0 Å². The van der Waals surface area contributed by atoms with Crippen LogP contribution in [0.1, 0.15) is 27.2 Å². The van der Waals surface area contributed by atoms with Gasteiger partial charge in [-0.25, -0.2) is 0 Å². The van der Waals surface area contributed by atoms with Gasteiger partial charge in [0.1, 0.15) is 0 Å². The first-order valence-corrected chi connectivity index (χ1v) is 3.76. The molecule has 0 aromatic rings. The second-order valence-electron chi connectivity index (χ2n) is 2.02. The van der Waals surface area contributed by atoms with E-state index in [2.05, 4.69) is 18.3 Å². The fourth-order valence-corrected chi connectivity index (χ4v) is 0.778. The predicted molar refractivity (Wildman–Crippen MR) is 42.6 cm³/mol. The molecule has 1 aliphatic heterocycles. The lowest BCUT2D eigenvalue weighted by Crippen LogP contribution is -2.20. The van der Waals surface area contributed by atoms with Crippen LogP contribution in [0.25, 0.3) is 0 Å². The molecule has 0 amide bonds. The molecule has 0 radical (unpaired) electrons. The van der Waals surface area contributed by atoms with Crippen molar-refractivity contribution in [2.24, 2.45) is 0 Å². The Morgan fingerprint density at radius 3 is 2.33 bits per heavy atom. The van der Waals surface area contributed by atoms with Crippen molar-refractivity contribution in [3.05, 3.63) is 11.6 Å². The largest absolute Gasteiger partial charge is 0.313 e. The van der Waals surface area contributed by atoms with Crippen molar-refractivity contribution < 1.29 is 0 Å². The van der Waals surface area contributed by atoms with E-state index >= 15 is 0 Å². The van der Waals surface area contributed by atoms with Gasteiger partial charge in [0.15, 0.2) is 0 Å². The molecule has 0 spiro atoms. The van der Waals surface area contributed by atoms with Gasteiger partial charge in [0, 0.05) is 6.54 Å². The molecule has 1 heterocycles. The third kappa shape index (κ3) is 4.22. The molecule has 0 bridgehead atoms. The lowest BCUT2D eigenvalue weighted by molar-refractivity contribution is 0.703. The molecule has 1 rings (SSSR count). The summed E-state index contributed by atoms with van der Waals surface area (Å²) in [6, 6.07) is 0. The summed E-state index contributed by atoms with van der Waals surface area (Å²) in [5.74, 6) is 0. The van der Waals surface area contributed by atoms with Crippen LogP contribution in [0.2, 0.25) is 0 Å². The first-order chi connectivity index (χ1) is 4.39. The zero-order valence-corrected chi connectivity index (χ0v) is 6.70. The highest BCUT2D eigenvalue weighted by Crippen LogP contribution is 1.96. The summed E-state index contributed by atoms with van der Waals surface area (Å²) in [5, 5.41) is 3.27. The topological polar surface area (TPSA) is 12.0 Å². The third-order valence-corrected chi connectivity index (χ3v) is 1.22. The highest BCUT2D eigenvalue weighted by atomic mass is 14.9. The fraction of sp³-hybridized carbons (Fsp3) is 0.750. The molecule has 1 aliphatic rings. The van der Waals surface area contributed by atoms with Crippen LogP contribution in [-0.2, 0) is 0 Å². The van der Waals surface area contributed by atoms with E-state index in [-0.39, 0.29) is 0 Å². The standard InChI is InChI=1S/C6H11N.C2H6/c1-6-3-2-4-7-5-6;1-2/h3,7H,2,4-5H2,1H3;1-2H3. The summed E-state index contributed by atoms with van der Waals surface area (Å²) in [7, 11) is 0. The van der Waals surface area contributed by atoms with Gasteiger partial charge in [0.2, 0.25) is 0 Å². The SMILES string of the molecule is CC.CC1=CCCNC1. The highest BCUT2D eigenvalue weighted by molar-refractivity contribution is 5.03. The van der Waals surface area contributed by atoms with Gasteiger partial charge < -0.3 is 5.32 Å². The summed E-state index contributed by atoms with van der Waals surface area (Å²) in [5.41, 5.74) is 1.48. The van der Waals surface area contributed by atoms with E-state index in [0.717, 1.165) is 13.1 Å². The third-order valence-electron chi connectivity index (χ3n) is 1.22. The molecule has 0 saturated carbocycles. The van der Waals surface area contributed by atoms with Crippen LogP contribution < -0.4 is 5.32 Å². The van der Waals surface area contributed by atoms with Gasteiger partial charge in [0.05, 0.1) is 0 Å². The predicted octanol–water partition coefficient (Wildman–Crippen LogP) is 1.95. The summed E-state index contributed by atoms with van der Waals surface area (Å²) >= 11 is 0. The normalized spacial score (nSPS) is 17.4. The van der Waals surface area contributed by atoms with Crippen LogP contribution in [0.5, 0.6) is 0 Å². The Hall–Kier alpha value is -0.300. The maximum Gasteiger partial charge on any atom is 0.0161 e. The number of hydrogen-bond donors (Lipinski definition) is 1. The van der Waals surface area contributed by atoms with Crippen LogP contribution in [-0.4, -0.2) is 13.1 Å². The Morgan fingerprint density at radius 1 is 1.44 bits per heavy atom.